The van der Waals surface area contributed by atoms with E-state index in [0.717, 1.165) is 11.4 Å². The van der Waals surface area contributed by atoms with Crippen molar-refractivity contribution < 1.29 is 4.79 Å². The molecule has 24 heavy (non-hydrogen) atoms. The highest BCUT2D eigenvalue weighted by Crippen LogP contribution is 2.36. The Labute approximate surface area is 156 Å². The summed E-state index contributed by atoms with van der Waals surface area (Å²) < 4.78 is 0. The van der Waals surface area contributed by atoms with Crippen molar-refractivity contribution in [1.82, 2.24) is 15.2 Å². The van der Waals surface area contributed by atoms with Crippen molar-refractivity contribution in [2.45, 2.75) is 19.8 Å². The Kier molecular flexibility index (Phi) is 5.45. The predicted octanol–water partition coefficient (Wildman–Crippen LogP) is 4.71. The van der Waals surface area contributed by atoms with E-state index in [4.69, 9.17) is 23.2 Å². The average molecular weight is 399 g/mol. The van der Waals surface area contributed by atoms with Gasteiger partial charge in [0.15, 0.2) is 0 Å². The SMILES string of the molecule is CCc1nnc(NC(=O)Cc2csc(-c3c(Cl)cccc3Cl)n2)s1. The molecule has 0 saturated carbocycles. The number of thiazole rings is 1. The number of benzene rings is 1. The lowest BCUT2D eigenvalue weighted by Crippen LogP contribution is -2.14. The molecule has 2 aromatic heterocycles. The molecule has 0 atom stereocenters. The molecule has 2 heterocycles. The highest BCUT2D eigenvalue weighted by molar-refractivity contribution is 7.15. The molecule has 124 valence electrons. The highest BCUT2D eigenvalue weighted by atomic mass is 35.5. The molecule has 5 nitrogen and oxygen atoms in total. The first kappa shape index (κ1) is 17.3. The number of anilines is 1. The molecule has 0 bridgehead atoms. The minimum atomic E-state index is -0.184. The number of amides is 1. The van der Waals surface area contributed by atoms with E-state index in [9.17, 15) is 4.79 Å². The van der Waals surface area contributed by atoms with Crippen LogP contribution in [0.4, 0.5) is 5.13 Å². The van der Waals surface area contributed by atoms with E-state index in [1.165, 1.54) is 22.7 Å². The summed E-state index contributed by atoms with van der Waals surface area (Å²) >= 11 is 15.2. The van der Waals surface area contributed by atoms with Crippen LogP contribution >= 0.6 is 45.9 Å². The van der Waals surface area contributed by atoms with E-state index in [-0.39, 0.29) is 12.3 Å². The first-order chi connectivity index (χ1) is 11.6. The maximum atomic E-state index is 12.1. The number of hydrogen-bond donors (Lipinski definition) is 1. The molecular formula is C15H12Cl2N4OS2. The number of carbonyl (C=O) groups is 1. The second-order valence-corrected chi connectivity index (χ2v) is 7.55. The normalized spacial score (nSPS) is 10.8. The van der Waals surface area contributed by atoms with Crippen molar-refractivity contribution in [1.29, 1.82) is 0 Å². The first-order valence-electron chi connectivity index (χ1n) is 7.08. The van der Waals surface area contributed by atoms with Crippen molar-refractivity contribution in [2.24, 2.45) is 0 Å². The Morgan fingerprint density at radius 2 is 2.00 bits per heavy atom. The molecule has 0 aliphatic carbocycles. The van der Waals surface area contributed by atoms with Crippen molar-refractivity contribution in [2.75, 3.05) is 5.32 Å². The molecule has 0 aliphatic rings. The molecule has 0 radical (unpaired) electrons. The quantitative estimate of drug-likeness (QED) is 0.675. The van der Waals surface area contributed by atoms with Gasteiger partial charge in [-0.15, -0.1) is 21.5 Å². The second kappa shape index (κ2) is 7.57. The van der Waals surface area contributed by atoms with Crippen LogP contribution in [0.1, 0.15) is 17.6 Å². The summed E-state index contributed by atoms with van der Waals surface area (Å²) in [7, 11) is 0. The van der Waals surface area contributed by atoms with Crippen LogP contribution in [0.25, 0.3) is 10.6 Å². The van der Waals surface area contributed by atoms with E-state index >= 15 is 0 Å². The molecule has 3 rings (SSSR count). The molecule has 0 unspecified atom stereocenters. The van der Waals surface area contributed by atoms with Gasteiger partial charge in [0.05, 0.1) is 22.2 Å². The molecule has 3 aromatic rings. The third-order valence-electron chi connectivity index (χ3n) is 3.09. The summed E-state index contributed by atoms with van der Waals surface area (Å²) in [6.07, 6.45) is 0.946. The molecule has 1 amide bonds. The summed E-state index contributed by atoms with van der Waals surface area (Å²) in [5.74, 6) is -0.184. The number of hydrogen-bond acceptors (Lipinski definition) is 6. The van der Waals surface area contributed by atoms with Crippen LogP contribution in [-0.2, 0) is 17.6 Å². The predicted molar refractivity (Wildman–Crippen MR) is 99.2 cm³/mol. The summed E-state index contributed by atoms with van der Waals surface area (Å²) in [6, 6.07) is 5.30. The largest absolute Gasteiger partial charge is 0.300 e. The molecule has 1 N–H and O–H groups in total. The Balaban J connectivity index is 1.71. The zero-order valence-corrected chi connectivity index (χ0v) is 15.7. The van der Waals surface area contributed by atoms with E-state index in [0.29, 0.717) is 31.4 Å². The minimum absolute atomic E-state index is 0.152. The Morgan fingerprint density at radius 1 is 1.25 bits per heavy atom. The number of aromatic nitrogens is 3. The fourth-order valence-corrected chi connectivity index (χ4v) is 4.26. The van der Waals surface area contributed by atoms with Gasteiger partial charge in [-0.05, 0) is 18.6 Å². The van der Waals surface area contributed by atoms with Gasteiger partial charge in [0.25, 0.3) is 0 Å². The standard InChI is InChI=1S/C15H12Cl2N4OS2/c1-2-12-20-21-15(24-12)19-11(22)6-8-7-23-14(18-8)13-9(16)4-3-5-10(13)17/h3-5,7H,2,6H2,1H3,(H,19,21,22). The number of nitrogens with one attached hydrogen (secondary N) is 1. The van der Waals surface area contributed by atoms with E-state index in [1.54, 1.807) is 18.2 Å². The number of aryl methyl sites for hydroxylation is 1. The van der Waals surface area contributed by atoms with Crippen LogP contribution < -0.4 is 5.32 Å². The fraction of sp³-hybridized carbons (Fsp3) is 0.200. The van der Waals surface area contributed by atoms with Gasteiger partial charge in [-0.25, -0.2) is 4.98 Å². The first-order valence-corrected chi connectivity index (χ1v) is 9.53. The monoisotopic (exact) mass is 398 g/mol. The van der Waals surface area contributed by atoms with Crippen LogP contribution in [0.3, 0.4) is 0 Å². The van der Waals surface area contributed by atoms with Gasteiger partial charge in [-0.3, -0.25) is 4.79 Å². The van der Waals surface area contributed by atoms with E-state index in [2.05, 4.69) is 20.5 Å². The lowest BCUT2D eigenvalue weighted by atomic mass is 10.2. The van der Waals surface area contributed by atoms with Crippen molar-refractivity contribution in [3.63, 3.8) is 0 Å². The maximum absolute atomic E-state index is 12.1. The number of nitrogens with zero attached hydrogens (tertiary/aromatic N) is 3. The summed E-state index contributed by atoms with van der Waals surface area (Å²) in [4.78, 5) is 16.6. The van der Waals surface area contributed by atoms with Crippen LogP contribution in [0, 0.1) is 0 Å². The maximum Gasteiger partial charge on any atom is 0.232 e. The van der Waals surface area contributed by atoms with Crippen LogP contribution in [0.5, 0.6) is 0 Å². The van der Waals surface area contributed by atoms with Gasteiger partial charge < -0.3 is 5.32 Å². The van der Waals surface area contributed by atoms with Gasteiger partial charge in [-0.1, -0.05) is 47.5 Å². The third-order valence-corrected chi connectivity index (χ3v) is 5.61. The second-order valence-electron chi connectivity index (χ2n) is 4.82. The fourth-order valence-electron chi connectivity index (χ4n) is 1.98. The van der Waals surface area contributed by atoms with Gasteiger partial charge in [0.1, 0.15) is 10.0 Å². The molecular weight excluding hydrogens is 387 g/mol. The number of rotatable bonds is 5. The average Bonchev–Trinajstić information content (AvgIpc) is 3.17. The molecule has 9 heteroatoms. The van der Waals surface area contributed by atoms with Gasteiger partial charge in [0.2, 0.25) is 11.0 Å². The molecule has 0 aliphatic heterocycles. The van der Waals surface area contributed by atoms with Crippen molar-refractivity contribution in [3.05, 3.63) is 44.3 Å². The zero-order chi connectivity index (χ0) is 17.1. The number of halogens is 2. The van der Waals surface area contributed by atoms with E-state index < -0.39 is 0 Å². The Bertz CT molecular complexity index is 858. The van der Waals surface area contributed by atoms with Gasteiger partial charge >= 0.3 is 0 Å². The zero-order valence-electron chi connectivity index (χ0n) is 12.5. The lowest BCUT2D eigenvalue weighted by molar-refractivity contribution is -0.115. The lowest BCUT2D eigenvalue weighted by Gasteiger charge is -2.02. The van der Waals surface area contributed by atoms with Crippen molar-refractivity contribution in [3.8, 4) is 10.6 Å². The summed E-state index contributed by atoms with van der Waals surface area (Å²) in [6.45, 7) is 1.99. The molecule has 1 aromatic carbocycles. The van der Waals surface area contributed by atoms with Crippen LogP contribution in [0.15, 0.2) is 23.6 Å². The van der Waals surface area contributed by atoms with E-state index in [1.807, 2.05) is 12.3 Å². The van der Waals surface area contributed by atoms with Crippen LogP contribution in [-0.4, -0.2) is 21.1 Å². The molecule has 0 spiro atoms. The Morgan fingerprint density at radius 3 is 2.67 bits per heavy atom. The minimum Gasteiger partial charge on any atom is -0.300 e. The number of carbonyl (C=O) groups excluding carboxylic acids is 1. The smallest absolute Gasteiger partial charge is 0.232 e. The van der Waals surface area contributed by atoms with Crippen molar-refractivity contribution >= 4 is 56.9 Å². The summed E-state index contributed by atoms with van der Waals surface area (Å²) in [5, 5.41) is 15.6. The highest BCUT2D eigenvalue weighted by Gasteiger charge is 2.15. The summed E-state index contributed by atoms with van der Waals surface area (Å²) in [5.41, 5.74) is 1.35. The Hall–Kier alpha value is -1.54. The third kappa shape index (κ3) is 3.92. The van der Waals surface area contributed by atoms with Gasteiger partial charge in [-0.2, -0.15) is 0 Å². The molecule has 0 saturated heterocycles. The molecule has 0 fully saturated rings. The van der Waals surface area contributed by atoms with Gasteiger partial charge in [0, 0.05) is 10.9 Å². The topological polar surface area (TPSA) is 67.8 Å². The van der Waals surface area contributed by atoms with Crippen LogP contribution in [0.2, 0.25) is 10.0 Å².